The molecule has 1 aromatic heterocycles. The SMILES string of the molecule is CCN(CC(C)(C)O)c1nc(OC)cc(OC)n1. The summed E-state index contributed by atoms with van der Waals surface area (Å²) < 4.78 is 10.2. The molecule has 0 aliphatic carbocycles. The standard InChI is InChI=1S/C12H21N3O3/c1-6-15(8-12(2,3)16)11-13-9(17-4)7-10(14-11)18-5/h7,16H,6,8H2,1-5H3. The summed E-state index contributed by atoms with van der Waals surface area (Å²) >= 11 is 0. The summed E-state index contributed by atoms with van der Waals surface area (Å²) in [4.78, 5) is 10.4. The van der Waals surface area contributed by atoms with Crippen molar-refractivity contribution in [2.75, 3.05) is 32.2 Å². The topological polar surface area (TPSA) is 67.7 Å². The average molecular weight is 255 g/mol. The molecule has 0 spiro atoms. The quantitative estimate of drug-likeness (QED) is 0.820. The molecule has 18 heavy (non-hydrogen) atoms. The third-order valence-electron chi connectivity index (χ3n) is 2.33. The Morgan fingerprint density at radius 2 is 1.72 bits per heavy atom. The zero-order valence-electron chi connectivity index (χ0n) is 11.6. The first-order chi connectivity index (χ1) is 8.39. The summed E-state index contributed by atoms with van der Waals surface area (Å²) in [7, 11) is 3.08. The number of methoxy groups -OCH3 is 2. The van der Waals surface area contributed by atoms with Crippen LogP contribution < -0.4 is 14.4 Å². The van der Waals surface area contributed by atoms with Gasteiger partial charge >= 0.3 is 0 Å². The number of hydrogen-bond acceptors (Lipinski definition) is 6. The van der Waals surface area contributed by atoms with Crippen molar-refractivity contribution in [3.63, 3.8) is 0 Å². The molecule has 1 N–H and O–H groups in total. The molecule has 0 saturated carbocycles. The third-order valence-corrected chi connectivity index (χ3v) is 2.33. The van der Waals surface area contributed by atoms with E-state index in [0.29, 0.717) is 30.8 Å². The molecule has 6 heteroatoms. The van der Waals surface area contributed by atoms with Gasteiger partial charge in [0.2, 0.25) is 17.7 Å². The molecule has 6 nitrogen and oxygen atoms in total. The van der Waals surface area contributed by atoms with Crippen LogP contribution in [0.15, 0.2) is 6.07 Å². The number of likely N-dealkylation sites (N-methyl/N-ethyl adjacent to an activating group) is 1. The van der Waals surface area contributed by atoms with Gasteiger partial charge in [0.05, 0.1) is 25.9 Å². The van der Waals surface area contributed by atoms with E-state index in [1.54, 1.807) is 19.9 Å². The van der Waals surface area contributed by atoms with Gasteiger partial charge in [-0.05, 0) is 20.8 Å². The molecule has 1 rings (SSSR count). The van der Waals surface area contributed by atoms with Crippen LogP contribution in [0.3, 0.4) is 0 Å². The van der Waals surface area contributed by atoms with Crippen LogP contribution in [-0.4, -0.2) is 48.0 Å². The lowest BCUT2D eigenvalue weighted by Crippen LogP contribution is -2.39. The minimum absolute atomic E-state index is 0.430. The lowest BCUT2D eigenvalue weighted by Gasteiger charge is -2.28. The van der Waals surface area contributed by atoms with E-state index >= 15 is 0 Å². The predicted molar refractivity (Wildman–Crippen MR) is 69.3 cm³/mol. The molecule has 0 fully saturated rings. The van der Waals surface area contributed by atoms with Crippen molar-refractivity contribution < 1.29 is 14.6 Å². The fraction of sp³-hybridized carbons (Fsp3) is 0.667. The van der Waals surface area contributed by atoms with Gasteiger partial charge in [-0.15, -0.1) is 0 Å². The highest BCUT2D eigenvalue weighted by molar-refractivity contribution is 5.37. The van der Waals surface area contributed by atoms with Crippen LogP contribution >= 0.6 is 0 Å². The Balaban J connectivity index is 3.04. The van der Waals surface area contributed by atoms with E-state index in [-0.39, 0.29) is 0 Å². The molecule has 0 aliphatic rings. The van der Waals surface area contributed by atoms with E-state index in [0.717, 1.165) is 0 Å². The van der Waals surface area contributed by atoms with Gasteiger partial charge in [0, 0.05) is 13.1 Å². The number of hydrogen-bond donors (Lipinski definition) is 1. The van der Waals surface area contributed by atoms with Crippen LogP contribution in [-0.2, 0) is 0 Å². The molecular weight excluding hydrogens is 234 g/mol. The van der Waals surface area contributed by atoms with Crippen LogP contribution in [0.1, 0.15) is 20.8 Å². The van der Waals surface area contributed by atoms with E-state index < -0.39 is 5.60 Å². The van der Waals surface area contributed by atoms with Crippen molar-refractivity contribution in [2.24, 2.45) is 0 Å². The summed E-state index contributed by atoms with van der Waals surface area (Å²) in [5.74, 6) is 1.35. The molecule has 1 heterocycles. The van der Waals surface area contributed by atoms with Crippen LogP contribution in [0.5, 0.6) is 11.8 Å². The average Bonchev–Trinajstić information content (AvgIpc) is 2.34. The minimum atomic E-state index is -0.824. The largest absolute Gasteiger partial charge is 0.481 e. The molecule has 1 aromatic rings. The monoisotopic (exact) mass is 255 g/mol. The lowest BCUT2D eigenvalue weighted by molar-refractivity contribution is 0.0871. The van der Waals surface area contributed by atoms with Crippen LogP contribution in [0.25, 0.3) is 0 Å². The molecule has 0 aromatic carbocycles. The number of aliphatic hydroxyl groups is 1. The number of nitrogens with zero attached hydrogens (tertiary/aromatic N) is 3. The maximum absolute atomic E-state index is 9.87. The van der Waals surface area contributed by atoms with Crippen molar-refractivity contribution in [1.29, 1.82) is 0 Å². The third kappa shape index (κ3) is 4.03. The summed E-state index contributed by atoms with van der Waals surface area (Å²) in [6.45, 7) is 6.57. The molecular formula is C12H21N3O3. The minimum Gasteiger partial charge on any atom is -0.481 e. The number of aromatic nitrogens is 2. The maximum Gasteiger partial charge on any atom is 0.232 e. The van der Waals surface area contributed by atoms with Crippen molar-refractivity contribution in [3.05, 3.63) is 6.07 Å². The Bertz CT molecular complexity index is 368. The van der Waals surface area contributed by atoms with Crippen LogP contribution in [0.4, 0.5) is 5.95 Å². The van der Waals surface area contributed by atoms with E-state index in [1.807, 2.05) is 11.8 Å². The Morgan fingerprint density at radius 3 is 2.06 bits per heavy atom. The molecule has 0 radical (unpaired) electrons. The van der Waals surface area contributed by atoms with Gasteiger partial charge in [0.25, 0.3) is 0 Å². The van der Waals surface area contributed by atoms with E-state index in [9.17, 15) is 5.11 Å². The van der Waals surface area contributed by atoms with Crippen LogP contribution in [0, 0.1) is 0 Å². The number of rotatable bonds is 6. The first-order valence-corrected chi connectivity index (χ1v) is 5.84. The first-order valence-electron chi connectivity index (χ1n) is 5.84. The zero-order chi connectivity index (χ0) is 13.8. The highest BCUT2D eigenvalue weighted by atomic mass is 16.5. The zero-order valence-corrected chi connectivity index (χ0v) is 11.6. The number of ether oxygens (including phenoxy) is 2. The maximum atomic E-state index is 9.87. The molecule has 0 aliphatic heterocycles. The highest BCUT2D eigenvalue weighted by Crippen LogP contribution is 2.21. The fourth-order valence-corrected chi connectivity index (χ4v) is 1.53. The predicted octanol–water partition coefficient (Wildman–Crippen LogP) is 1.09. The molecule has 102 valence electrons. The Labute approximate surface area is 108 Å². The van der Waals surface area contributed by atoms with Gasteiger partial charge in [-0.2, -0.15) is 9.97 Å². The van der Waals surface area contributed by atoms with E-state index in [4.69, 9.17) is 9.47 Å². The van der Waals surface area contributed by atoms with Crippen molar-refractivity contribution in [3.8, 4) is 11.8 Å². The Morgan fingerprint density at radius 1 is 1.22 bits per heavy atom. The molecule has 0 atom stereocenters. The number of anilines is 1. The summed E-state index contributed by atoms with van der Waals surface area (Å²) in [6, 6.07) is 1.61. The van der Waals surface area contributed by atoms with Crippen molar-refractivity contribution >= 4 is 5.95 Å². The summed E-state index contributed by atoms with van der Waals surface area (Å²) in [5.41, 5.74) is -0.824. The Kier molecular flexibility index (Phi) is 4.72. The summed E-state index contributed by atoms with van der Waals surface area (Å²) in [5, 5.41) is 9.87. The van der Waals surface area contributed by atoms with Gasteiger partial charge in [0.1, 0.15) is 0 Å². The lowest BCUT2D eigenvalue weighted by atomic mass is 10.1. The van der Waals surface area contributed by atoms with E-state index in [2.05, 4.69) is 9.97 Å². The highest BCUT2D eigenvalue weighted by Gasteiger charge is 2.20. The van der Waals surface area contributed by atoms with Gasteiger partial charge in [0.15, 0.2) is 0 Å². The van der Waals surface area contributed by atoms with Gasteiger partial charge in [-0.3, -0.25) is 0 Å². The second-order valence-corrected chi connectivity index (χ2v) is 4.58. The second-order valence-electron chi connectivity index (χ2n) is 4.58. The second kappa shape index (κ2) is 5.86. The normalized spacial score (nSPS) is 11.2. The first kappa shape index (κ1) is 14.5. The van der Waals surface area contributed by atoms with Crippen LogP contribution in [0.2, 0.25) is 0 Å². The fourth-order valence-electron chi connectivity index (χ4n) is 1.53. The molecule has 0 amide bonds. The van der Waals surface area contributed by atoms with Gasteiger partial charge < -0.3 is 19.5 Å². The van der Waals surface area contributed by atoms with E-state index in [1.165, 1.54) is 14.2 Å². The van der Waals surface area contributed by atoms with Crippen molar-refractivity contribution in [1.82, 2.24) is 9.97 Å². The Hall–Kier alpha value is -1.56. The molecule has 0 bridgehead atoms. The molecule has 0 unspecified atom stereocenters. The summed E-state index contributed by atoms with van der Waals surface area (Å²) in [6.07, 6.45) is 0. The van der Waals surface area contributed by atoms with Gasteiger partial charge in [-0.25, -0.2) is 0 Å². The molecule has 0 saturated heterocycles. The van der Waals surface area contributed by atoms with Crippen molar-refractivity contribution in [2.45, 2.75) is 26.4 Å². The smallest absolute Gasteiger partial charge is 0.232 e. The van der Waals surface area contributed by atoms with Gasteiger partial charge in [-0.1, -0.05) is 0 Å².